The maximum Gasteiger partial charge on any atom is 0.271 e. The van der Waals surface area contributed by atoms with E-state index in [1.165, 1.54) is 7.11 Å². The molecule has 1 aromatic rings. The fourth-order valence-corrected chi connectivity index (χ4v) is 1.65. The molecule has 1 aromatic heterocycles. The van der Waals surface area contributed by atoms with E-state index in [0.29, 0.717) is 12.4 Å². The van der Waals surface area contributed by atoms with Crippen LogP contribution in [0.3, 0.4) is 0 Å². The van der Waals surface area contributed by atoms with Gasteiger partial charge in [-0.1, -0.05) is 0 Å². The molecule has 6 nitrogen and oxygen atoms in total. The maximum absolute atomic E-state index is 11.7. The molecular formula is C11H15N3O3. The quantitative estimate of drug-likeness (QED) is 0.820. The zero-order valence-corrected chi connectivity index (χ0v) is 9.68. The normalized spacial score (nSPS) is 19.0. The predicted octanol–water partition coefficient (Wildman–Crippen LogP) is 0.394. The minimum atomic E-state index is -0.240. The Labute approximate surface area is 99.3 Å². The highest BCUT2D eigenvalue weighted by Crippen LogP contribution is 2.10. The molecular weight excluding hydrogens is 222 g/mol. The van der Waals surface area contributed by atoms with Gasteiger partial charge in [0.05, 0.1) is 13.2 Å². The third-order valence-electron chi connectivity index (χ3n) is 2.60. The average molecular weight is 237 g/mol. The summed E-state index contributed by atoms with van der Waals surface area (Å²) in [7, 11) is 1.50. The number of hydrogen-bond donors (Lipinski definition) is 1. The van der Waals surface area contributed by atoms with Crippen molar-refractivity contribution in [1.82, 2.24) is 15.5 Å². The van der Waals surface area contributed by atoms with E-state index < -0.39 is 0 Å². The number of aromatic nitrogens is 2. The monoisotopic (exact) mass is 237 g/mol. The summed E-state index contributed by atoms with van der Waals surface area (Å²) in [6, 6.07) is 3.19. The van der Waals surface area contributed by atoms with Crippen molar-refractivity contribution >= 4 is 5.91 Å². The maximum atomic E-state index is 11.7. The van der Waals surface area contributed by atoms with E-state index in [2.05, 4.69) is 15.5 Å². The number of carbonyl (C=O) groups excluding carboxylic acids is 1. The highest BCUT2D eigenvalue weighted by Gasteiger charge is 2.17. The average Bonchev–Trinajstić information content (AvgIpc) is 2.89. The summed E-state index contributed by atoms with van der Waals surface area (Å²) < 4.78 is 10.3. The zero-order chi connectivity index (χ0) is 12.1. The summed E-state index contributed by atoms with van der Waals surface area (Å²) >= 11 is 0. The summed E-state index contributed by atoms with van der Waals surface area (Å²) in [4.78, 5) is 11.7. The molecule has 6 heteroatoms. The van der Waals surface area contributed by atoms with E-state index in [1.807, 2.05) is 0 Å². The molecule has 1 N–H and O–H groups in total. The van der Waals surface area contributed by atoms with Crippen LogP contribution >= 0.6 is 0 Å². The molecule has 1 saturated heterocycles. The molecule has 1 atom stereocenters. The van der Waals surface area contributed by atoms with Crippen molar-refractivity contribution in [1.29, 1.82) is 0 Å². The van der Waals surface area contributed by atoms with Crippen molar-refractivity contribution in [2.24, 2.45) is 0 Å². The zero-order valence-electron chi connectivity index (χ0n) is 9.68. The van der Waals surface area contributed by atoms with Crippen molar-refractivity contribution in [3.8, 4) is 5.88 Å². The molecule has 92 valence electrons. The molecule has 0 unspecified atom stereocenters. The SMILES string of the molecule is COc1ccc(C(=O)NC[C@@H]2CCCO2)nn1. The largest absolute Gasteiger partial charge is 0.480 e. The van der Waals surface area contributed by atoms with Crippen molar-refractivity contribution in [3.63, 3.8) is 0 Å². The van der Waals surface area contributed by atoms with Crippen LogP contribution in [-0.2, 0) is 4.74 Å². The van der Waals surface area contributed by atoms with Gasteiger partial charge in [0.25, 0.3) is 5.91 Å². The van der Waals surface area contributed by atoms with Crippen LogP contribution in [0.4, 0.5) is 0 Å². The first-order valence-corrected chi connectivity index (χ1v) is 5.57. The molecule has 0 saturated carbocycles. The minimum absolute atomic E-state index is 0.130. The number of nitrogens with zero attached hydrogens (tertiary/aromatic N) is 2. The Hall–Kier alpha value is -1.69. The van der Waals surface area contributed by atoms with Crippen LogP contribution in [0.25, 0.3) is 0 Å². The summed E-state index contributed by atoms with van der Waals surface area (Å²) in [6.07, 6.45) is 2.18. The molecule has 1 fully saturated rings. The lowest BCUT2D eigenvalue weighted by Gasteiger charge is -2.10. The van der Waals surface area contributed by atoms with E-state index >= 15 is 0 Å². The van der Waals surface area contributed by atoms with E-state index in [1.54, 1.807) is 12.1 Å². The summed E-state index contributed by atoms with van der Waals surface area (Å²) in [5.74, 6) is 0.149. The Morgan fingerprint density at radius 2 is 2.47 bits per heavy atom. The molecule has 0 aliphatic carbocycles. The van der Waals surface area contributed by atoms with Gasteiger partial charge in [0.1, 0.15) is 0 Å². The fourth-order valence-electron chi connectivity index (χ4n) is 1.65. The van der Waals surface area contributed by atoms with Gasteiger partial charge in [0.2, 0.25) is 5.88 Å². The first kappa shape index (κ1) is 11.8. The highest BCUT2D eigenvalue weighted by atomic mass is 16.5. The van der Waals surface area contributed by atoms with E-state index in [-0.39, 0.29) is 17.7 Å². The Bertz CT molecular complexity index is 374. The van der Waals surface area contributed by atoms with Gasteiger partial charge in [0, 0.05) is 19.2 Å². The highest BCUT2D eigenvalue weighted by molar-refractivity contribution is 5.92. The minimum Gasteiger partial charge on any atom is -0.480 e. The Kier molecular flexibility index (Phi) is 3.87. The molecule has 2 rings (SSSR count). The number of ether oxygens (including phenoxy) is 2. The lowest BCUT2D eigenvalue weighted by molar-refractivity contribution is 0.0852. The summed E-state index contributed by atoms with van der Waals surface area (Å²) in [5, 5.41) is 10.3. The molecule has 17 heavy (non-hydrogen) atoms. The smallest absolute Gasteiger partial charge is 0.271 e. The lowest BCUT2D eigenvalue weighted by Crippen LogP contribution is -2.32. The van der Waals surface area contributed by atoms with Gasteiger partial charge >= 0.3 is 0 Å². The fraction of sp³-hybridized carbons (Fsp3) is 0.545. The topological polar surface area (TPSA) is 73.3 Å². The van der Waals surface area contributed by atoms with Gasteiger partial charge in [-0.2, -0.15) is 0 Å². The second kappa shape index (κ2) is 5.58. The molecule has 0 aromatic carbocycles. The molecule has 1 aliphatic rings. The lowest BCUT2D eigenvalue weighted by atomic mass is 10.2. The second-order valence-electron chi connectivity index (χ2n) is 3.81. The number of hydrogen-bond acceptors (Lipinski definition) is 5. The number of rotatable bonds is 4. The van der Waals surface area contributed by atoms with Crippen LogP contribution in [0, 0.1) is 0 Å². The van der Waals surface area contributed by atoms with Gasteiger partial charge in [-0.05, 0) is 18.9 Å². The molecule has 2 heterocycles. The molecule has 0 bridgehead atoms. The third-order valence-corrected chi connectivity index (χ3v) is 2.60. The Morgan fingerprint density at radius 3 is 3.06 bits per heavy atom. The molecule has 1 aliphatic heterocycles. The van der Waals surface area contributed by atoms with Gasteiger partial charge < -0.3 is 14.8 Å². The van der Waals surface area contributed by atoms with E-state index in [4.69, 9.17) is 9.47 Å². The number of methoxy groups -OCH3 is 1. The van der Waals surface area contributed by atoms with Gasteiger partial charge in [-0.3, -0.25) is 4.79 Å². The van der Waals surface area contributed by atoms with Crippen molar-refractivity contribution < 1.29 is 14.3 Å². The molecule has 1 amide bonds. The second-order valence-corrected chi connectivity index (χ2v) is 3.81. The summed E-state index contributed by atoms with van der Waals surface area (Å²) in [6.45, 7) is 1.30. The third kappa shape index (κ3) is 3.13. The summed E-state index contributed by atoms with van der Waals surface area (Å²) in [5.41, 5.74) is 0.281. The van der Waals surface area contributed by atoms with Crippen LogP contribution < -0.4 is 10.1 Å². The van der Waals surface area contributed by atoms with Crippen LogP contribution in [0.2, 0.25) is 0 Å². The number of amides is 1. The first-order chi connectivity index (χ1) is 8.29. The first-order valence-electron chi connectivity index (χ1n) is 5.57. The predicted molar refractivity (Wildman–Crippen MR) is 59.9 cm³/mol. The van der Waals surface area contributed by atoms with Gasteiger partial charge in [-0.15, -0.1) is 10.2 Å². The Balaban J connectivity index is 1.85. The van der Waals surface area contributed by atoms with Crippen LogP contribution in [0.1, 0.15) is 23.3 Å². The van der Waals surface area contributed by atoms with E-state index in [0.717, 1.165) is 19.4 Å². The molecule has 0 radical (unpaired) electrons. The van der Waals surface area contributed by atoms with Crippen LogP contribution in [0.15, 0.2) is 12.1 Å². The van der Waals surface area contributed by atoms with Crippen molar-refractivity contribution in [2.45, 2.75) is 18.9 Å². The van der Waals surface area contributed by atoms with Gasteiger partial charge in [0.15, 0.2) is 5.69 Å². The number of nitrogens with one attached hydrogen (secondary N) is 1. The molecule has 0 spiro atoms. The van der Waals surface area contributed by atoms with Crippen molar-refractivity contribution in [3.05, 3.63) is 17.8 Å². The van der Waals surface area contributed by atoms with Crippen molar-refractivity contribution in [2.75, 3.05) is 20.3 Å². The van der Waals surface area contributed by atoms with Crippen LogP contribution in [-0.4, -0.2) is 42.5 Å². The number of carbonyl (C=O) groups is 1. The van der Waals surface area contributed by atoms with Gasteiger partial charge in [-0.25, -0.2) is 0 Å². The van der Waals surface area contributed by atoms with Crippen LogP contribution in [0.5, 0.6) is 5.88 Å². The van der Waals surface area contributed by atoms with E-state index in [9.17, 15) is 4.79 Å². The standard InChI is InChI=1S/C11H15N3O3/c1-16-10-5-4-9(13-14-10)11(15)12-7-8-3-2-6-17-8/h4-5,8H,2-3,6-7H2,1H3,(H,12,15)/t8-/m0/s1. The Morgan fingerprint density at radius 1 is 1.59 bits per heavy atom.